The molecular weight excluding hydrogens is 413 g/mol. The van der Waals surface area contributed by atoms with E-state index in [1.165, 1.54) is 18.2 Å². The molecule has 0 aliphatic carbocycles. The van der Waals surface area contributed by atoms with E-state index in [9.17, 15) is 14.0 Å². The van der Waals surface area contributed by atoms with Crippen LogP contribution in [0.3, 0.4) is 0 Å². The van der Waals surface area contributed by atoms with E-state index in [-0.39, 0.29) is 9.23 Å². The Hall–Kier alpha value is -1.83. The lowest BCUT2D eigenvalue weighted by molar-refractivity contribution is -0.120. The maximum Gasteiger partial charge on any atom is 0.273 e. The standard InChI is InChI=1S/C17H9BrFNO2S2/c18-13-7-2-1-6-12(13)15(21)20-16(22)14(24-17(20)23)9-10-4-3-5-11(19)8-10/h1-9H/b14-9+. The van der Waals surface area contributed by atoms with Gasteiger partial charge in [0.05, 0.1) is 10.5 Å². The number of imide groups is 1. The highest BCUT2D eigenvalue weighted by Gasteiger charge is 2.37. The summed E-state index contributed by atoms with van der Waals surface area (Å²) in [5, 5.41) is 0. The topological polar surface area (TPSA) is 37.4 Å². The van der Waals surface area contributed by atoms with Crippen molar-refractivity contribution in [3.8, 4) is 0 Å². The number of nitrogens with zero attached hydrogens (tertiary/aromatic N) is 1. The quantitative estimate of drug-likeness (QED) is 0.402. The second-order valence-electron chi connectivity index (χ2n) is 4.86. The molecule has 1 heterocycles. The summed E-state index contributed by atoms with van der Waals surface area (Å²) in [5.41, 5.74) is 0.879. The second kappa shape index (κ2) is 6.96. The third-order valence-electron chi connectivity index (χ3n) is 3.25. The molecule has 0 unspecified atom stereocenters. The van der Waals surface area contributed by atoms with Gasteiger partial charge in [-0.25, -0.2) is 9.29 Å². The summed E-state index contributed by atoms with van der Waals surface area (Å²) in [6.45, 7) is 0. The van der Waals surface area contributed by atoms with Gasteiger partial charge in [-0.2, -0.15) is 0 Å². The minimum absolute atomic E-state index is 0.156. The van der Waals surface area contributed by atoms with E-state index in [2.05, 4.69) is 15.9 Å². The van der Waals surface area contributed by atoms with E-state index >= 15 is 0 Å². The van der Waals surface area contributed by atoms with E-state index in [1.54, 1.807) is 36.4 Å². The summed E-state index contributed by atoms with van der Waals surface area (Å²) in [6, 6.07) is 12.7. The molecule has 3 rings (SSSR count). The molecule has 0 aromatic heterocycles. The highest BCUT2D eigenvalue weighted by Crippen LogP contribution is 2.34. The van der Waals surface area contributed by atoms with Gasteiger partial charge in [0.2, 0.25) is 0 Å². The molecule has 3 nitrogen and oxygen atoms in total. The number of carbonyl (C=O) groups is 2. The minimum Gasteiger partial charge on any atom is -0.268 e. The molecule has 1 aliphatic heterocycles. The van der Waals surface area contributed by atoms with Crippen LogP contribution in [-0.2, 0) is 4.79 Å². The average molecular weight is 422 g/mol. The molecule has 0 bridgehead atoms. The highest BCUT2D eigenvalue weighted by atomic mass is 79.9. The third kappa shape index (κ3) is 3.33. The Labute approximate surface area is 155 Å². The van der Waals surface area contributed by atoms with Crippen molar-refractivity contribution in [2.45, 2.75) is 0 Å². The minimum atomic E-state index is -0.505. The van der Waals surface area contributed by atoms with Gasteiger partial charge in [-0.1, -0.05) is 48.2 Å². The van der Waals surface area contributed by atoms with Crippen LogP contribution in [0.4, 0.5) is 4.39 Å². The first-order valence-corrected chi connectivity index (χ1v) is 8.81. The van der Waals surface area contributed by atoms with Crippen LogP contribution in [0.1, 0.15) is 15.9 Å². The summed E-state index contributed by atoms with van der Waals surface area (Å²) < 4.78 is 14.0. The number of benzene rings is 2. The van der Waals surface area contributed by atoms with E-state index < -0.39 is 17.6 Å². The molecule has 2 aromatic carbocycles. The average Bonchev–Trinajstić information content (AvgIpc) is 2.81. The third-order valence-corrected chi connectivity index (χ3v) is 5.24. The lowest BCUT2D eigenvalue weighted by atomic mass is 10.2. The van der Waals surface area contributed by atoms with Gasteiger partial charge in [0, 0.05) is 4.47 Å². The molecule has 2 aromatic rings. The van der Waals surface area contributed by atoms with Crippen LogP contribution in [0.25, 0.3) is 6.08 Å². The summed E-state index contributed by atoms with van der Waals surface area (Å²) in [5.74, 6) is -1.40. The fourth-order valence-corrected chi connectivity index (χ4v) is 3.85. The summed E-state index contributed by atoms with van der Waals surface area (Å²) in [6.07, 6.45) is 1.52. The van der Waals surface area contributed by atoms with Gasteiger partial charge in [0.15, 0.2) is 4.32 Å². The van der Waals surface area contributed by atoms with Gasteiger partial charge in [-0.15, -0.1) is 0 Å². The Morgan fingerprint density at radius 3 is 2.67 bits per heavy atom. The van der Waals surface area contributed by atoms with Crippen molar-refractivity contribution in [3.05, 3.63) is 74.9 Å². The first-order chi connectivity index (χ1) is 11.5. The van der Waals surface area contributed by atoms with Crippen LogP contribution < -0.4 is 0 Å². The maximum atomic E-state index is 13.3. The molecule has 0 saturated carbocycles. The number of rotatable bonds is 2. The monoisotopic (exact) mass is 421 g/mol. The first-order valence-electron chi connectivity index (χ1n) is 6.80. The molecule has 0 spiro atoms. The van der Waals surface area contributed by atoms with Gasteiger partial charge in [0.25, 0.3) is 11.8 Å². The summed E-state index contributed by atoms with van der Waals surface area (Å²) >= 11 is 9.49. The molecule has 120 valence electrons. The number of hydrogen-bond acceptors (Lipinski definition) is 4. The van der Waals surface area contributed by atoms with Crippen LogP contribution in [0.5, 0.6) is 0 Å². The molecule has 1 fully saturated rings. The van der Waals surface area contributed by atoms with Crippen molar-refractivity contribution in [2.75, 3.05) is 0 Å². The smallest absolute Gasteiger partial charge is 0.268 e. The van der Waals surface area contributed by atoms with E-state index in [4.69, 9.17) is 12.2 Å². The molecule has 2 amide bonds. The summed E-state index contributed by atoms with van der Waals surface area (Å²) in [7, 11) is 0. The van der Waals surface area contributed by atoms with Gasteiger partial charge in [-0.05, 0) is 51.8 Å². The van der Waals surface area contributed by atoms with Crippen LogP contribution in [-0.4, -0.2) is 21.0 Å². The van der Waals surface area contributed by atoms with Crippen molar-refractivity contribution in [1.82, 2.24) is 4.90 Å². The van der Waals surface area contributed by atoms with Gasteiger partial charge in [0.1, 0.15) is 5.82 Å². The molecule has 1 saturated heterocycles. The molecule has 7 heteroatoms. The molecule has 0 radical (unpaired) electrons. The molecular formula is C17H9BrFNO2S2. The fourth-order valence-electron chi connectivity index (χ4n) is 2.15. The number of carbonyl (C=O) groups excluding carboxylic acids is 2. The van der Waals surface area contributed by atoms with Gasteiger partial charge >= 0.3 is 0 Å². The summed E-state index contributed by atoms with van der Waals surface area (Å²) in [4.78, 5) is 26.4. The van der Waals surface area contributed by atoms with Crippen LogP contribution in [0.15, 0.2) is 57.9 Å². The number of thiocarbonyl (C=S) groups is 1. The van der Waals surface area contributed by atoms with E-state index in [0.717, 1.165) is 16.7 Å². The van der Waals surface area contributed by atoms with Crippen molar-refractivity contribution in [2.24, 2.45) is 0 Å². The normalized spacial score (nSPS) is 16.1. The Morgan fingerprint density at radius 1 is 1.21 bits per heavy atom. The van der Waals surface area contributed by atoms with Crippen molar-refractivity contribution >= 4 is 62.1 Å². The van der Waals surface area contributed by atoms with Crippen LogP contribution in [0, 0.1) is 5.82 Å². The zero-order valence-corrected chi connectivity index (χ0v) is 15.3. The zero-order valence-electron chi connectivity index (χ0n) is 12.0. The second-order valence-corrected chi connectivity index (χ2v) is 7.39. The highest BCUT2D eigenvalue weighted by molar-refractivity contribution is 9.10. The fraction of sp³-hybridized carbons (Fsp3) is 0. The molecule has 24 heavy (non-hydrogen) atoms. The number of thioether (sulfide) groups is 1. The Bertz CT molecular complexity index is 898. The van der Waals surface area contributed by atoms with Gasteiger partial charge in [-0.3, -0.25) is 9.59 Å². The van der Waals surface area contributed by atoms with Gasteiger partial charge < -0.3 is 0 Å². The zero-order chi connectivity index (χ0) is 17.3. The maximum absolute atomic E-state index is 13.3. The molecule has 0 atom stereocenters. The lowest BCUT2D eigenvalue weighted by Crippen LogP contribution is -2.34. The Balaban J connectivity index is 1.92. The molecule has 1 aliphatic rings. The Morgan fingerprint density at radius 2 is 1.96 bits per heavy atom. The van der Waals surface area contributed by atoms with Crippen molar-refractivity contribution in [1.29, 1.82) is 0 Å². The lowest BCUT2D eigenvalue weighted by Gasteiger charge is -2.13. The molecule has 0 N–H and O–H groups in total. The SMILES string of the molecule is O=C1/C(=C\c2cccc(F)c2)SC(=S)N1C(=O)c1ccccc1Br. The van der Waals surface area contributed by atoms with Crippen molar-refractivity contribution < 1.29 is 14.0 Å². The predicted molar refractivity (Wildman–Crippen MR) is 99.9 cm³/mol. The number of amides is 2. The van der Waals surface area contributed by atoms with E-state index in [0.29, 0.717) is 15.6 Å². The predicted octanol–water partition coefficient (Wildman–Crippen LogP) is 4.63. The van der Waals surface area contributed by atoms with Crippen molar-refractivity contribution in [3.63, 3.8) is 0 Å². The van der Waals surface area contributed by atoms with E-state index in [1.807, 2.05) is 0 Å². The largest absolute Gasteiger partial charge is 0.273 e. The number of hydrogen-bond donors (Lipinski definition) is 0. The van der Waals surface area contributed by atoms with Crippen LogP contribution >= 0.6 is 39.9 Å². The van der Waals surface area contributed by atoms with Crippen LogP contribution in [0.2, 0.25) is 0 Å². The number of halogens is 2. The first kappa shape index (κ1) is 17.0. The Kier molecular flexibility index (Phi) is 4.93.